The summed E-state index contributed by atoms with van der Waals surface area (Å²) in [5.74, 6) is 1.70. The zero-order valence-corrected chi connectivity index (χ0v) is 14.8. The lowest BCUT2D eigenvalue weighted by molar-refractivity contribution is 0.167. The van der Waals surface area contributed by atoms with Crippen LogP contribution in [0.25, 0.3) is 5.65 Å². The van der Waals surface area contributed by atoms with E-state index in [2.05, 4.69) is 62.8 Å². The number of hydrogen-bond donors (Lipinski definition) is 1. The van der Waals surface area contributed by atoms with Gasteiger partial charge in [0.1, 0.15) is 5.82 Å². The molecule has 0 aliphatic carbocycles. The minimum Gasteiger partial charge on any atom is -0.366 e. The van der Waals surface area contributed by atoms with E-state index in [-0.39, 0.29) is 0 Å². The van der Waals surface area contributed by atoms with Gasteiger partial charge < -0.3 is 5.32 Å². The molecule has 1 saturated heterocycles. The fourth-order valence-corrected chi connectivity index (χ4v) is 3.56. The zero-order valence-electron chi connectivity index (χ0n) is 14.8. The average molecular weight is 336 g/mol. The fraction of sp³-hybridized carbons (Fsp3) is 0.421. The summed E-state index contributed by atoms with van der Waals surface area (Å²) in [4.78, 5) is 2.56. The molecule has 1 aliphatic heterocycles. The third-order valence-electron chi connectivity index (χ3n) is 5.13. The molecule has 1 N–H and O–H groups in total. The van der Waals surface area contributed by atoms with Crippen molar-refractivity contribution in [3.05, 3.63) is 53.9 Å². The van der Waals surface area contributed by atoms with Crippen LogP contribution in [0, 0.1) is 6.92 Å². The minimum atomic E-state index is 0.459. The molecule has 4 rings (SSSR count). The smallest absolute Gasteiger partial charge is 0.178 e. The van der Waals surface area contributed by atoms with Gasteiger partial charge in [0.25, 0.3) is 0 Å². The highest BCUT2D eigenvalue weighted by atomic mass is 15.4. The molecule has 0 amide bonds. The van der Waals surface area contributed by atoms with Crippen molar-refractivity contribution in [2.24, 2.45) is 0 Å². The van der Waals surface area contributed by atoms with Gasteiger partial charge in [0, 0.05) is 25.2 Å². The largest absolute Gasteiger partial charge is 0.366 e. The molecule has 0 unspecified atom stereocenters. The number of fused-ring (bicyclic) bond motifs is 1. The predicted octanol–water partition coefficient (Wildman–Crippen LogP) is 3.07. The highest BCUT2D eigenvalue weighted by molar-refractivity contribution is 5.44. The van der Waals surface area contributed by atoms with Gasteiger partial charge in [-0.1, -0.05) is 30.3 Å². The lowest BCUT2D eigenvalue weighted by Gasteiger charge is -2.36. The van der Waals surface area contributed by atoms with Crippen molar-refractivity contribution in [1.29, 1.82) is 0 Å². The molecule has 1 atom stereocenters. The van der Waals surface area contributed by atoms with Crippen LogP contribution in [0.1, 0.15) is 37.2 Å². The molecule has 130 valence electrons. The van der Waals surface area contributed by atoms with Gasteiger partial charge in [-0.2, -0.15) is 4.52 Å². The van der Waals surface area contributed by atoms with Crippen LogP contribution in [0.15, 0.2) is 42.5 Å². The van der Waals surface area contributed by atoms with Crippen LogP contribution in [-0.2, 0) is 0 Å². The van der Waals surface area contributed by atoms with Crippen molar-refractivity contribution in [2.45, 2.75) is 38.8 Å². The van der Waals surface area contributed by atoms with E-state index < -0.39 is 0 Å². The number of aryl methyl sites for hydroxylation is 1. The average Bonchev–Trinajstić information content (AvgIpc) is 3.03. The van der Waals surface area contributed by atoms with Crippen molar-refractivity contribution in [1.82, 2.24) is 24.7 Å². The monoisotopic (exact) mass is 336 g/mol. The summed E-state index contributed by atoms with van der Waals surface area (Å²) in [7, 11) is 0. The van der Waals surface area contributed by atoms with Crippen LogP contribution in [0.5, 0.6) is 0 Å². The van der Waals surface area contributed by atoms with E-state index in [1.165, 1.54) is 5.56 Å². The van der Waals surface area contributed by atoms with Gasteiger partial charge in [0.05, 0.1) is 0 Å². The Morgan fingerprint density at radius 3 is 2.56 bits per heavy atom. The quantitative estimate of drug-likeness (QED) is 0.793. The summed E-state index contributed by atoms with van der Waals surface area (Å²) in [5, 5.41) is 16.3. The molecule has 1 fully saturated rings. The Morgan fingerprint density at radius 2 is 1.80 bits per heavy atom. The van der Waals surface area contributed by atoms with Crippen LogP contribution in [0.4, 0.5) is 5.82 Å². The molecule has 0 saturated carbocycles. The summed E-state index contributed by atoms with van der Waals surface area (Å²) in [5.41, 5.74) is 2.18. The molecule has 6 nitrogen and oxygen atoms in total. The second-order valence-corrected chi connectivity index (χ2v) is 6.78. The first-order valence-electron chi connectivity index (χ1n) is 8.95. The van der Waals surface area contributed by atoms with Crippen LogP contribution >= 0.6 is 0 Å². The first-order chi connectivity index (χ1) is 12.2. The predicted molar refractivity (Wildman–Crippen MR) is 98.6 cm³/mol. The Hall–Kier alpha value is -2.47. The molecule has 0 bridgehead atoms. The highest BCUT2D eigenvalue weighted by Crippen LogP contribution is 2.25. The molecular weight excluding hydrogens is 312 g/mol. The molecule has 1 aromatic carbocycles. The maximum Gasteiger partial charge on any atom is 0.178 e. The van der Waals surface area contributed by atoms with Crippen LogP contribution in [0.3, 0.4) is 0 Å². The number of likely N-dealkylation sites (tertiary alicyclic amines) is 1. The van der Waals surface area contributed by atoms with E-state index in [0.717, 1.165) is 43.2 Å². The Bertz CT molecular complexity index is 836. The maximum atomic E-state index is 4.60. The lowest BCUT2D eigenvalue weighted by atomic mass is 10.0. The van der Waals surface area contributed by atoms with Crippen molar-refractivity contribution >= 4 is 11.5 Å². The van der Waals surface area contributed by atoms with Crippen molar-refractivity contribution in [2.75, 3.05) is 18.4 Å². The summed E-state index contributed by atoms with van der Waals surface area (Å²) < 4.78 is 1.79. The van der Waals surface area contributed by atoms with Crippen LogP contribution in [-0.4, -0.2) is 43.8 Å². The van der Waals surface area contributed by atoms with Gasteiger partial charge in [-0.3, -0.25) is 4.90 Å². The number of anilines is 1. The van der Waals surface area contributed by atoms with Crippen LogP contribution in [0.2, 0.25) is 0 Å². The minimum absolute atomic E-state index is 0.459. The second kappa shape index (κ2) is 6.80. The number of hydrogen-bond acceptors (Lipinski definition) is 5. The highest BCUT2D eigenvalue weighted by Gasteiger charge is 2.23. The molecule has 2 aromatic heterocycles. The van der Waals surface area contributed by atoms with E-state index >= 15 is 0 Å². The van der Waals surface area contributed by atoms with E-state index in [9.17, 15) is 0 Å². The van der Waals surface area contributed by atoms with Gasteiger partial charge in [-0.05, 0) is 44.4 Å². The Labute approximate surface area is 147 Å². The van der Waals surface area contributed by atoms with E-state index in [1.54, 1.807) is 4.52 Å². The molecule has 25 heavy (non-hydrogen) atoms. The summed E-state index contributed by atoms with van der Waals surface area (Å²) >= 11 is 0. The van der Waals surface area contributed by atoms with Gasteiger partial charge in [-0.15, -0.1) is 15.3 Å². The van der Waals surface area contributed by atoms with Crippen LogP contribution < -0.4 is 5.32 Å². The topological polar surface area (TPSA) is 58.4 Å². The first kappa shape index (κ1) is 16.0. The standard InChI is InChI=1S/C19H24N6/c1-14(16-6-4-3-5-7-16)24-12-10-17(11-13-24)20-18-8-9-19-22-21-15(2)25(19)23-18/h3-9,14,17H,10-13H2,1-2H3,(H,20,23)/t14-/m1/s1. The Morgan fingerprint density at radius 1 is 1.04 bits per heavy atom. The molecule has 3 aromatic rings. The molecule has 0 radical (unpaired) electrons. The van der Waals surface area contributed by atoms with Gasteiger partial charge in [-0.25, -0.2) is 0 Å². The Kier molecular flexibility index (Phi) is 4.36. The molecule has 1 aliphatic rings. The van der Waals surface area contributed by atoms with E-state index in [1.807, 2.05) is 19.1 Å². The fourth-order valence-electron chi connectivity index (χ4n) is 3.56. The summed E-state index contributed by atoms with van der Waals surface area (Å²) in [6.45, 7) is 6.41. The van der Waals surface area contributed by atoms with Gasteiger partial charge >= 0.3 is 0 Å². The lowest BCUT2D eigenvalue weighted by Crippen LogP contribution is -2.40. The third-order valence-corrected chi connectivity index (χ3v) is 5.13. The Balaban J connectivity index is 1.37. The van der Waals surface area contributed by atoms with E-state index in [4.69, 9.17) is 0 Å². The van der Waals surface area contributed by atoms with Crippen molar-refractivity contribution in [3.8, 4) is 0 Å². The number of nitrogens with zero attached hydrogens (tertiary/aromatic N) is 5. The van der Waals surface area contributed by atoms with Gasteiger partial charge in [0.2, 0.25) is 0 Å². The molecule has 6 heteroatoms. The molecule has 0 spiro atoms. The van der Waals surface area contributed by atoms with Crippen molar-refractivity contribution in [3.63, 3.8) is 0 Å². The number of benzene rings is 1. The third kappa shape index (κ3) is 3.35. The first-order valence-corrected chi connectivity index (χ1v) is 8.95. The molecule has 3 heterocycles. The second-order valence-electron chi connectivity index (χ2n) is 6.78. The number of rotatable bonds is 4. The SMILES string of the molecule is Cc1nnc2ccc(NC3CCN([C@H](C)c4ccccc4)CC3)nn12. The van der Waals surface area contributed by atoms with Gasteiger partial charge in [0.15, 0.2) is 11.5 Å². The van der Waals surface area contributed by atoms with Crippen molar-refractivity contribution < 1.29 is 0 Å². The number of aromatic nitrogens is 4. The zero-order chi connectivity index (χ0) is 17.2. The molecular formula is C19H24N6. The maximum absolute atomic E-state index is 4.60. The number of nitrogens with one attached hydrogen (secondary N) is 1. The van der Waals surface area contributed by atoms with E-state index in [0.29, 0.717) is 12.1 Å². The summed E-state index contributed by atoms with van der Waals surface area (Å²) in [6, 6.07) is 15.6. The normalized spacial score (nSPS) is 17.7. The summed E-state index contributed by atoms with van der Waals surface area (Å²) in [6.07, 6.45) is 2.25. The number of piperidine rings is 1.